The Balaban J connectivity index is -0.000000720. The second-order valence-electron chi connectivity index (χ2n) is 4.53. The summed E-state index contributed by atoms with van der Waals surface area (Å²) in [5, 5.41) is 8.78. The van der Waals surface area contributed by atoms with E-state index < -0.39 is 0 Å². The molecule has 0 saturated heterocycles. The summed E-state index contributed by atoms with van der Waals surface area (Å²) in [6.07, 6.45) is 1.21. The normalized spacial score (nSPS) is 10.8. The van der Waals surface area contributed by atoms with Gasteiger partial charge in [0.15, 0.2) is 0 Å². The summed E-state index contributed by atoms with van der Waals surface area (Å²) in [4.78, 5) is 2.29. The van der Waals surface area contributed by atoms with Crippen LogP contribution in [0.3, 0.4) is 0 Å². The van der Waals surface area contributed by atoms with Gasteiger partial charge >= 0.3 is 0 Å². The van der Waals surface area contributed by atoms with Gasteiger partial charge in [0.2, 0.25) is 0 Å². The van der Waals surface area contributed by atoms with Crippen LogP contribution in [-0.2, 0) is 0 Å². The molecule has 0 rings (SSSR count). The predicted octanol–water partition coefficient (Wildman–Crippen LogP) is -2.18. The number of hydrogen-bond donors (Lipinski definition) is 1. The van der Waals surface area contributed by atoms with Crippen molar-refractivity contribution in [2.24, 2.45) is 0 Å². The molecule has 1 N–H and O–H groups in total. The summed E-state index contributed by atoms with van der Waals surface area (Å²) in [5.41, 5.74) is 0. The maximum Gasteiger partial charge on any atom is 0.0792 e. The van der Waals surface area contributed by atoms with Gasteiger partial charge in [-0.3, -0.25) is 0 Å². The first-order valence-electron chi connectivity index (χ1n) is 5.13. The third-order valence-electron chi connectivity index (χ3n) is 2.17. The van der Waals surface area contributed by atoms with Crippen LogP contribution in [-0.4, -0.2) is 68.4 Å². The molecule has 3 nitrogen and oxygen atoms in total. The molecule has 15 heavy (non-hydrogen) atoms. The van der Waals surface area contributed by atoms with Gasteiger partial charge in [0.1, 0.15) is 0 Å². The molecule has 0 unspecified atom stereocenters. The van der Waals surface area contributed by atoms with Gasteiger partial charge in [-0.2, -0.15) is 0 Å². The molecule has 0 aromatic heterocycles. The molecule has 0 heterocycles. The highest BCUT2D eigenvalue weighted by atomic mass is 127. The zero-order valence-corrected chi connectivity index (χ0v) is 13.3. The molecule has 0 radical (unpaired) electrons. The summed E-state index contributed by atoms with van der Waals surface area (Å²) >= 11 is 0. The zero-order chi connectivity index (χ0) is 10.3. The van der Waals surface area contributed by atoms with Crippen LogP contribution in [0.1, 0.15) is 13.3 Å². The number of aliphatic hydroxyl groups is 1. The SMILES string of the molecule is CCN(CCO)CCC[N+](C)(C)C.Cl.[I-]. The first kappa shape index (κ1) is 21.2. The van der Waals surface area contributed by atoms with E-state index in [-0.39, 0.29) is 43.0 Å². The molecule has 0 atom stereocenters. The molecular formula is C10H26ClIN2O. The van der Waals surface area contributed by atoms with Crippen molar-refractivity contribution in [2.75, 3.05) is 53.9 Å². The molecule has 96 valence electrons. The average Bonchev–Trinajstić information content (AvgIpc) is 2.01. The van der Waals surface area contributed by atoms with E-state index in [2.05, 4.69) is 33.0 Å². The minimum atomic E-state index is 0. The van der Waals surface area contributed by atoms with Crippen LogP contribution >= 0.6 is 12.4 Å². The molecule has 0 spiro atoms. The van der Waals surface area contributed by atoms with Gasteiger partial charge in [-0.25, -0.2) is 0 Å². The number of halogens is 2. The Labute approximate surface area is 118 Å². The van der Waals surface area contributed by atoms with Gasteiger partial charge in [-0.15, -0.1) is 12.4 Å². The largest absolute Gasteiger partial charge is 1.00 e. The van der Waals surface area contributed by atoms with E-state index in [0.717, 1.165) is 24.1 Å². The van der Waals surface area contributed by atoms with Gasteiger partial charge < -0.3 is 38.5 Å². The zero-order valence-electron chi connectivity index (χ0n) is 10.4. The molecule has 0 aromatic rings. The van der Waals surface area contributed by atoms with E-state index >= 15 is 0 Å². The van der Waals surface area contributed by atoms with Crippen molar-refractivity contribution in [1.82, 2.24) is 4.90 Å². The highest BCUT2D eigenvalue weighted by Crippen LogP contribution is 1.96. The highest BCUT2D eigenvalue weighted by Gasteiger charge is 2.07. The van der Waals surface area contributed by atoms with Crippen molar-refractivity contribution in [2.45, 2.75) is 13.3 Å². The maximum absolute atomic E-state index is 8.78. The number of aliphatic hydroxyl groups excluding tert-OH is 1. The summed E-state index contributed by atoms with van der Waals surface area (Å²) in [5.74, 6) is 0. The number of nitrogens with zero attached hydrogens (tertiary/aromatic N) is 2. The standard InChI is InChI=1S/C10H25N2O.ClH.HI/c1-5-11(8-10-13)7-6-9-12(2,3)4;;/h13H,5-10H2,1-4H3;2*1H/q+1;;/p-1. The molecule has 0 aromatic carbocycles. The van der Waals surface area contributed by atoms with Gasteiger partial charge in [-0.05, 0) is 6.54 Å². The Kier molecular flexibility index (Phi) is 16.1. The Morgan fingerprint density at radius 2 is 1.67 bits per heavy atom. The summed E-state index contributed by atoms with van der Waals surface area (Å²) in [6, 6.07) is 0. The summed E-state index contributed by atoms with van der Waals surface area (Å²) in [7, 11) is 6.63. The van der Waals surface area contributed by atoms with Crippen LogP contribution in [0.5, 0.6) is 0 Å². The van der Waals surface area contributed by atoms with Gasteiger partial charge in [-0.1, -0.05) is 6.92 Å². The number of quaternary nitrogens is 1. The van der Waals surface area contributed by atoms with Crippen LogP contribution in [0.15, 0.2) is 0 Å². The van der Waals surface area contributed by atoms with Crippen LogP contribution in [0.2, 0.25) is 0 Å². The van der Waals surface area contributed by atoms with E-state index in [1.807, 2.05) is 0 Å². The third kappa shape index (κ3) is 14.9. The van der Waals surface area contributed by atoms with E-state index in [1.165, 1.54) is 13.0 Å². The first-order valence-corrected chi connectivity index (χ1v) is 5.13. The molecule has 5 heteroatoms. The third-order valence-corrected chi connectivity index (χ3v) is 2.17. The molecule has 0 aliphatic rings. The maximum atomic E-state index is 8.78. The van der Waals surface area contributed by atoms with Crippen LogP contribution in [0.25, 0.3) is 0 Å². The lowest BCUT2D eigenvalue weighted by atomic mass is 10.3. The minimum absolute atomic E-state index is 0. The predicted molar refractivity (Wildman–Crippen MR) is 64.0 cm³/mol. The van der Waals surface area contributed by atoms with Crippen LogP contribution < -0.4 is 24.0 Å². The second kappa shape index (κ2) is 11.4. The highest BCUT2D eigenvalue weighted by molar-refractivity contribution is 5.85. The topological polar surface area (TPSA) is 23.5 Å². The lowest BCUT2D eigenvalue weighted by Crippen LogP contribution is -3.00. The van der Waals surface area contributed by atoms with Gasteiger partial charge in [0.05, 0.1) is 34.3 Å². The molecule has 0 aliphatic heterocycles. The molecule has 0 aliphatic carbocycles. The van der Waals surface area contributed by atoms with Crippen LogP contribution in [0, 0.1) is 0 Å². The molecule has 0 bridgehead atoms. The van der Waals surface area contributed by atoms with E-state index in [0.29, 0.717) is 0 Å². The smallest absolute Gasteiger partial charge is 0.0792 e. The van der Waals surface area contributed by atoms with Crippen molar-refractivity contribution >= 4 is 12.4 Å². The minimum Gasteiger partial charge on any atom is -1.00 e. The fourth-order valence-electron chi connectivity index (χ4n) is 1.34. The van der Waals surface area contributed by atoms with Crippen molar-refractivity contribution in [3.63, 3.8) is 0 Å². The lowest BCUT2D eigenvalue weighted by Gasteiger charge is -2.26. The van der Waals surface area contributed by atoms with Gasteiger partial charge in [0, 0.05) is 19.5 Å². The Morgan fingerprint density at radius 1 is 1.13 bits per heavy atom. The number of likely N-dealkylation sites (N-methyl/N-ethyl adjacent to an activating group) is 1. The molecule has 0 saturated carbocycles. The molecule has 0 amide bonds. The number of hydrogen-bond acceptors (Lipinski definition) is 2. The Bertz CT molecular complexity index is 131. The average molecular weight is 353 g/mol. The van der Waals surface area contributed by atoms with Crippen molar-refractivity contribution in [3.8, 4) is 0 Å². The summed E-state index contributed by atoms with van der Waals surface area (Å²) in [6.45, 7) is 6.57. The van der Waals surface area contributed by atoms with Crippen molar-refractivity contribution in [3.05, 3.63) is 0 Å². The first-order chi connectivity index (χ1) is 5.99. The molecule has 0 fully saturated rings. The molecular weight excluding hydrogens is 326 g/mol. The summed E-state index contributed by atoms with van der Waals surface area (Å²) < 4.78 is 1.02. The van der Waals surface area contributed by atoms with E-state index in [4.69, 9.17) is 5.11 Å². The van der Waals surface area contributed by atoms with Crippen molar-refractivity contribution in [1.29, 1.82) is 0 Å². The lowest BCUT2D eigenvalue weighted by molar-refractivity contribution is -0.870. The Hall–Kier alpha value is 0.900. The van der Waals surface area contributed by atoms with E-state index in [1.54, 1.807) is 0 Å². The fraction of sp³-hybridized carbons (Fsp3) is 1.00. The monoisotopic (exact) mass is 352 g/mol. The van der Waals surface area contributed by atoms with Crippen molar-refractivity contribution < 1.29 is 33.6 Å². The quantitative estimate of drug-likeness (QED) is 0.416. The van der Waals surface area contributed by atoms with Crippen LogP contribution in [0.4, 0.5) is 0 Å². The van der Waals surface area contributed by atoms with Gasteiger partial charge in [0.25, 0.3) is 0 Å². The Morgan fingerprint density at radius 3 is 2.00 bits per heavy atom. The fourth-order valence-corrected chi connectivity index (χ4v) is 1.34. The number of rotatable bonds is 7. The van der Waals surface area contributed by atoms with E-state index in [9.17, 15) is 0 Å². The second-order valence-corrected chi connectivity index (χ2v) is 4.53.